The number of fused-ring (bicyclic) bond motifs is 2. The normalized spacial score (nSPS) is 45.5. The molecule has 2 nitrogen and oxygen atoms in total. The molecule has 4 unspecified atom stereocenters. The molecular formula is C8H11FO2S. The van der Waals surface area contributed by atoms with E-state index in [1.54, 1.807) is 6.08 Å². The predicted molar refractivity (Wildman–Crippen MR) is 44.3 cm³/mol. The first kappa shape index (κ1) is 8.23. The van der Waals surface area contributed by atoms with Gasteiger partial charge >= 0.3 is 0 Å². The maximum Gasteiger partial charge on any atom is 0.153 e. The second kappa shape index (κ2) is 2.31. The van der Waals surface area contributed by atoms with Gasteiger partial charge in [0.2, 0.25) is 0 Å². The lowest BCUT2D eigenvalue weighted by Gasteiger charge is -2.19. The van der Waals surface area contributed by atoms with Gasteiger partial charge in [0.25, 0.3) is 0 Å². The molecule has 2 aliphatic rings. The minimum Gasteiger partial charge on any atom is -0.245 e. The van der Waals surface area contributed by atoms with Crippen molar-refractivity contribution in [3.8, 4) is 0 Å². The molecule has 12 heavy (non-hydrogen) atoms. The average Bonchev–Trinajstić information content (AvgIpc) is 2.42. The summed E-state index contributed by atoms with van der Waals surface area (Å²) in [6.45, 7) is 0. The molecule has 4 heteroatoms. The lowest BCUT2D eigenvalue weighted by atomic mass is 10.1. The molecular weight excluding hydrogens is 179 g/mol. The molecule has 0 amide bonds. The molecule has 0 aromatic heterocycles. The molecule has 1 fully saturated rings. The Morgan fingerprint density at radius 1 is 1.33 bits per heavy atom. The van der Waals surface area contributed by atoms with Gasteiger partial charge in [-0.05, 0) is 12.3 Å². The zero-order valence-corrected chi connectivity index (χ0v) is 7.59. The predicted octanol–water partition coefficient (Wildman–Crippen LogP) is 0.944. The highest BCUT2D eigenvalue weighted by Gasteiger charge is 2.49. The molecule has 0 aliphatic heterocycles. The Morgan fingerprint density at radius 2 is 1.92 bits per heavy atom. The summed E-state index contributed by atoms with van der Waals surface area (Å²) in [7, 11) is -3.21. The van der Waals surface area contributed by atoms with E-state index in [1.165, 1.54) is 0 Å². The number of allylic oxidation sites excluding steroid dienone is 2. The van der Waals surface area contributed by atoms with Gasteiger partial charge in [-0.1, -0.05) is 12.2 Å². The fraction of sp³-hybridized carbons (Fsp3) is 0.750. The Hall–Kier alpha value is -0.380. The van der Waals surface area contributed by atoms with E-state index in [2.05, 4.69) is 0 Å². The largest absolute Gasteiger partial charge is 0.245 e. The van der Waals surface area contributed by atoms with Crippen LogP contribution in [0.1, 0.15) is 6.42 Å². The second-order valence-electron chi connectivity index (χ2n) is 3.69. The molecule has 2 aliphatic carbocycles. The summed E-state index contributed by atoms with van der Waals surface area (Å²) < 4.78 is 35.7. The quantitative estimate of drug-likeness (QED) is 0.577. The standard InChI is InChI=1S/C8H11FO2S/c1-12(10,11)8-6-3-2-5(4-6)7(8)9/h2-3,5-8H,4H2,1H3. The van der Waals surface area contributed by atoms with Crippen LogP contribution in [0.2, 0.25) is 0 Å². The van der Waals surface area contributed by atoms with Gasteiger partial charge in [0.1, 0.15) is 6.17 Å². The first-order valence-electron chi connectivity index (χ1n) is 4.01. The zero-order valence-electron chi connectivity index (χ0n) is 6.77. The van der Waals surface area contributed by atoms with Gasteiger partial charge < -0.3 is 0 Å². The van der Waals surface area contributed by atoms with Gasteiger partial charge in [0.15, 0.2) is 9.84 Å². The van der Waals surface area contributed by atoms with E-state index in [0.717, 1.165) is 6.26 Å². The van der Waals surface area contributed by atoms with Crippen LogP contribution in [0.4, 0.5) is 4.39 Å². The summed E-state index contributed by atoms with van der Waals surface area (Å²) in [6, 6.07) is 0. The minimum atomic E-state index is -3.21. The number of halogens is 1. The summed E-state index contributed by atoms with van der Waals surface area (Å²) in [5, 5.41) is -0.771. The highest BCUT2D eigenvalue weighted by molar-refractivity contribution is 7.91. The average molecular weight is 190 g/mol. The summed E-state index contributed by atoms with van der Waals surface area (Å²) in [4.78, 5) is 0. The fourth-order valence-corrected chi connectivity index (χ4v) is 3.78. The van der Waals surface area contributed by atoms with Crippen molar-refractivity contribution in [3.63, 3.8) is 0 Å². The van der Waals surface area contributed by atoms with Crippen LogP contribution in [0.25, 0.3) is 0 Å². The third kappa shape index (κ3) is 1.01. The van der Waals surface area contributed by atoms with Crippen molar-refractivity contribution in [1.29, 1.82) is 0 Å². The third-order valence-electron chi connectivity index (χ3n) is 2.79. The van der Waals surface area contributed by atoms with Crippen LogP contribution < -0.4 is 0 Å². The van der Waals surface area contributed by atoms with Gasteiger partial charge in [-0.15, -0.1) is 0 Å². The van der Waals surface area contributed by atoms with E-state index in [9.17, 15) is 12.8 Å². The van der Waals surface area contributed by atoms with E-state index < -0.39 is 21.3 Å². The molecule has 0 radical (unpaired) electrons. The van der Waals surface area contributed by atoms with Crippen LogP contribution in [0.5, 0.6) is 0 Å². The van der Waals surface area contributed by atoms with Crippen molar-refractivity contribution in [2.75, 3.05) is 6.26 Å². The molecule has 0 saturated heterocycles. The number of hydrogen-bond donors (Lipinski definition) is 0. The summed E-state index contributed by atoms with van der Waals surface area (Å²) in [5.41, 5.74) is 0. The Bertz CT molecular complexity index is 320. The maximum atomic E-state index is 13.3. The number of hydrogen-bond acceptors (Lipinski definition) is 2. The molecule has 0 aromatic carbocycles. The highest BCUT2D eigenvalue weighted by Crippen LogP contribution is 2.44. The van der Waals surface area contributed by atoms with Gasteiger partial charge in [-0.3, -0.25) is 0 Å². The smallest absolute Gasteiger partial charge is 0.153 e. The van der Waals surface area contributed by atoms with Gasteiger partial charge in [0.05, 0.1) is 5.25 Å². The van der Waals surface area contributed by atoms with Crippen LogP contribution in [0.3, 0.4) is 0 Å². The summed E-state index contributed by atoms with van der Waals surface area (Å²) >= 11 is 0. The van der Waals surface area contributed by atoms with Crippen LogP contribution in [0, 0.1) is 11.8 Å². The van der Waals surface area contributed by atoms with E-state index in [0.29, 0.717) is 6.42 Å². The highest BCUT2D eigenvalue weighted by atomic mass is 32.2. The van der Waals surface area contributed by atoms with E-state index in [4.69, 9.17) is 0 Å². The summed E-state index contributed by atoms with van der Waals surface area (Å²) in [6.07, 6.45) is 4.27. The van der Waals surface area contributed by atoms with Crippen LogP contribution in [0.15, 0.2) is 12.2 Å². The van der Waals surface area contributed by atoms with E-state index >= 15 is 0 Å². The molecule has 68 valence electrons. The molecule has 4 atom stereocenters. The lowest BCUT2D eigenvalue weighted by molar-refractivity contribution is 0.291. The van der Waals surface area contributed by atoms with Crippen LogP contribution >= 0.6 is 0 Å². The van der Waals surface area contributed by atoms with Crippen molar-refractivity contribution in [1.82, 2.24) is 0 Å². The molecule has 0 heterocycles. The SMILES string of the molecule is CS(=O)(=O)C1C2C=CC(C2)C1F. The summed E-state index contributed by atoms with van der Waals surface area (Å²) in [5.74, 6) is -0.213. The van der Waals surface area contributed by atoms with Gasteiger partial charge in [-0.2, -0.15) is 0 Å². The van der Waals surface area contributed by atoms with Crippen LogP contribution in [-0.2, 0) is 9.84 Å². The minimum absolute atomic E-state index is 0.0694. The molecule has 0 aromatic rings. The Labute approximate surface area is 71.4 Å². The zero-order chi connectivity index (χ0) is 8.93. The van der Waals surface area contributed by atoms with Crippen molar-refractivity contribution in [2.45, 2.75) is 17.8 Å². The fourth-order valence-electron chi connectivity index (χ4n) is 2.27. The first-order valence-corrected chi connectivity index (χ1v) is 5.97. The van der Waals surface area contributed by atoms with Crippen molar-refractivity contribution < 1.29 is 12.8 Å². The lowest BCUT2D eigenvalue weighted by Crippen LogP contribution is -2.33. The van der Waals surface area contributed by atoms with Crippen molar-refractivity contribution in [3.05, 3.63) is 12.2 Å². The Morgan fingerprint density at radius 3 is 2.25 bits per heavy atom. The maximum absolute atomic E-state index is 13.3. The third-order valence-corrected chi connectivity index (χ3v) is 4.39. The molecule has 0 spiro atoms. The Kier molecular flexibility index (Phi) is 1.59. The van der Waals surface area contributed by atoms with Gasteiger partial charge in [0, 0.05) is 12.2 Å². The molecule has 1 saturated carbocycles. The monoisotopic (exact) mass is 190 g/mol. The second-order valence-corrected chi connectivity index (χ2v) is 5.89. The Balaban J connectivity index is 2.36. The number of rotatable bonds is 1. The van der Waals surface area contributed by atoms with E-state index in [-0.39, 0.29) is 11.8 Å². The van der Waals surface area contributed by atoms with Crippen molar-refractivity contribution in [2.24, 2.45) is 11.8 Å². The number of alkyl halides is 1. The molecule has 0 N–H and O–H groups in total. The topological polar surface area (TPSA) is 34.1 Å². The van der Waals surface area contributed by atoms with Crippen molar-refractivity contribution >= 4 is 9.84 Å². The van der Waals surface area contributed by atoms with Crippen LogP contribution in [-0.4, -0.2) is 26.1 Å². The number of sulfone groups is 1. The van der Waals surface area contributed by atoms with E-state index in [1.807, 2.05) is 6.08 Å². The molecule has 2 bridgehead atoms. The first-order chi connectivity index (χ1) is 5.50. The van der Waals surface area contributed by atoms with Gasteiger partial charge in [-0.25, -0.2) is 12.8 Å². The molecule has 2 rings (SSSR count).